The van der Waals surface area contributed by atoms with Gasteiger partial charge in [0.25, 0.3) is 0 Å². The highest BCUT2D eigenvalue weighted by Gasteiger charge is 2.41. The summed E-state index contributed by atoms with van der Waals surface area (Å²) in [6.07, 6.45) is 3.83. The number of nitrogens with one attached hydrogen (secondary N) is 1. The Morgan fingerprint density at radius 3 is 2.56 bits per heavy atom. The highest BCUT2D eigenvalue weighted by molar-refractivity contribution is 5.75. The van der Waals surface area contributed by atoms with Crippen LogP contribution >= 0.6 is 0 Å². The fourth-order valence-corrected chi connectivity index (χ4v) is 2.46. The first kappa shape index (κ1) is 13.8. The lowest BCUT2D eigenvalue weighted by molar-refractivity contribution is -0.157. The monoisotopic (exact) mass is 255 g/mol. The molecule has 2 rings (SSSR count). The fraction of sp³-hybridized carbons (Fsp3) is 0.929. The van der Waals surface area contributed by atoms with Gasteiger partial charge in [0.05, 0.1) is 6.10 Å². The van der Waals surface area contributed by atoms with Crippen molar-refractivity contribution in [3.05, 3.63) is 0 Å². The maximum absolute atomic E-state index is 11.9. The number of carbonyl (C=O) groups excluding carboxylic acids is 1. The zero-order valence-electron chi connectivity index (χ0n) is 11.9. The van der Waals surface area contributed by atoms with Crippen molar-refractivity contribution in [2.75, 3.05) is 6.61 Å². The summed E-state index contributed by atoms with van der Waals surface area (Å²) in [7, 11) is 0. The molecule has 18 heavy (non-hydrogen) atoms. The van der Waals surface area contributed by atoms with Gasteiger partial charge >= 0.3 is 5.97 Å². The molecule has 0 aromatic heterocycles. The lowest BCUT2D eigenvalue weighted by Crippen LogP contribution is -2.47. The molecule has 1 aliphatic carbocycles. The minimum absolute atomic E-state index is 0.177. The van der Waals surface area contributed by atoms with Crippen LogP contribution in [-0.4, -0.2) is 36.4 Å². The molecule has 0 radical (unpaired) electrons. The van der Waals surface area contributed by atoms with Crippen molar-refractivity contribution in [1.82, 2.24) is 5.32 Å². The van der Waals surface area contributed by atoms with Gasteiger partial charge in [-0.2, -0.15) is 0 Å². The summed E-state index contributed by atoms with van der Waals surface area (Å²) in [6.45, 7) is 8.35. The maximum Gasteiger partial charge on any atom is 0.323 e. The Hall–Kier alpha value is -0.610. The molecule has 4 heteroatoms. The first-order chi connectivity index (χ1) is 8.37. The lowest BCUT2D eigenvalue weighted by atomic mass is 10.1. The highest BCUT2D eigenvalue weighted by Crippen LogP contribution is 2.38. The summed E-state index contributed by atoms with van der Waals surface area (Å²) in [4.78, 5) is 11.9. The lowest BCUT2D eigenvalue weighted by Gasteiger charge is -2.26. The summed E-state index contributed by atoms with van der Waals surface area (Å²) in [5.74, 6) is 0.528. The van der Waals surface area contributed by atoms with E-state index in [9.17, 15) is 4.79 Å². The van der Waals surface area contributed by atoms with Gasteiger partial charge in [0.1, 0.15) is 11.6 Å². The van der Waals surface area contributed by atoms with Crippen LogP contribution < -0.4 is 5.32 Å². The second kappa shape index (κ2) is 5.17. The third-order valence-electron chi connectivity index (χ3n) is 3.45. The Bertz CT molecular complexity index is 307. The molecule has 2 aliphatic rings. The van der Waals surface area contributed by atoms with Crippen LogP contribution in [0.3, 0.4) is 0 Å². The van der Waals surface area contributed by atoms with E-state index in [0.717, 1.165) is 13.0 Å². The highest BCUT2D eigenvalue weighted by atomic mass is 16.6. The smallest absolute Gasteiger partial charge is 0.323 e. The van der Waals surface area contributed by atoms with Crippen molar-refractivity contribution in [1.29, 1.82) is 0 Å². The minimum Gasteiger partial charge on any atom is -0.459 e. The molecule has 1 heterocycles. The minimum atomic E-state index is -0.422. The van der Waals surface area contributed by atoms with Gasteiger partial charge in [-0.05, 0) is 52.9 Å². The van der Waals surface area contributed by atoms with Gasteiger partial charge in [-0.25, -0.2) is 0 Å². The molecule has 0 spiro atoms. The molecular formula is C14H25NO3. The Balaban J connectivity index is 1.82. The Morgan fingerprint density at radius 1 is 1.33 bits per heavy atom. The van der Waals surface area contributed by atoms with Gasteiger partial charge in [0.15, 0.2) is 0 Å². The molecule has 0 unspecified atom stereocenters. The van der Waals surface area contributed by atoms with Gasteiger partial charge < -0.3 is 9.47 Å². The molecular weight excluding hydrogens is 230 g/mol. The number of carbonyl (C=O) groups is 1. The molecule has 2 fully saturated rings. The normalized spacial score (nSPS) is 30.2. The third kappa shape index (κ3) is 3.69. The zero-order chi connectivity index (χ0) is 13.3. The summed E-state index contributed by atoms with van der Waals surface area (Å²) in [5.41, 5.74) is -0.422. The van der Waals surface area contributed by atoms with Crippen molar-refractivity contribution >= 4 is 5.97 Å². The first-order valence-corrected chi connectivity index (χ1v) is 6.97. The van der Waals surface area contributed by atoms with Crippen LogP contribution in [0, 0.1) is 5.92 Å². The molecule has 0 bridgehead atoms. The average molecular weight is 255 g/mol. The van der Waals surface area contributed by atoms with E-state index >= 15 is 0 Å². The second-order valence-corrected chi connectivity index (χ2v) is 6.49. The Labute approximate surface area is 109 Å². The Morgan fingerprint density at radius 2 is 2.00 bits per heavy atom. The molecule has 4 nitrogen and oxygen atoms in total. The number of ether oxygens (including phenoxy) is 2. The van der Waals surface area contributed by atoms with E-state index in [1.165, 1.54) is 12.8 Å². The summed E-state index contributed by atoms with van der Waals surface area (Å²) in [5, 5.41) is 3.37. The summed E-state index contributed by atoms with van der Waals surface area (Å²) < 4.78 is 11.1. The quantitative estimate of drug-likeness (QED) is 0.779. The van der Waals surface area contributed by atoms with E-state index in [-0.39, 0.29) is 12.0 Å². The number of hydrogen-bond acceptors (Lipinski definition) is 4. The molecule has 0 aromatic carbocycles. The SMILES string of the molecule is C[C@H](N[C@H]1CCO[C@@H]1C1CC1)C(=O)OC(C)(C)C. The van der Waals surface area contributed by atoms with E-state index in [2.05, 4.69) is 5.32 Å². The van der Waals surface area contributed by atoms with Crippen LogP contribution in [0.4, 0.5) is 0 Å². The Kier molecular flexibility index (Phi) is 3.97. The van der Waals surface area contributed by atoms with Crippen LogP contribution in [-0.2, 0) is 14.3 Å². The molecule has 0 amide bonds. The van der Waals surface area contributed by atoms with Crippen molar-refractivity contribution in [3.8, 4) is 0 Å². The van der Waals surface area contributed by atoms with Crippen LogP contribution in [0.25, 0.3) is 0 Å². The van der Waals surface area contributed by atoms with E-state index < -0.39 is 5.60 Å². The van der Waals surface area contributed by atoms with Crippen molar-refractivity contribution in [3.63, 3.8) is 0 Å². The van der Waals surface area contributed by atoms with E-state index in [0.29, 0.717) is 18.1 Å². The predicted octanol–water partition coefficient (Wildman–Crippen LogP) is 1.87. The second-order valence-electron chi connectivity index (χ2n) is 6.49. The van der Waals surface area contributed by atoms with Gasteiger partial charge in [-0.3, -0.25) is 10.1 Å². The van der Waals surface area contributed by atoms with Crippen LogP contribution in [0.2, 0.25) is 0 Å². The van der Waals surface area contributed by atoms with Crippen LogP contribution in [0.15, 0.2) is 0 Å². The van der Waals surface area contributed by atoms with Gasteiger partial charge in [-0.1, -0.05) is 0 Å². The fourth-order valence-electron chi connectivity index (χ4n) is 2.46. The average Bonchev–Trinajstić information content (AvgIpc) is 2.97. The number of esters is 1. The van der Waals surface area contributed by atoms with Crippen LogP contribution in [0.5, 0.6) is 0 Å². The molecule has 3 atom stereocenters. The van der Waals surface area contributed by atoms with Crippen molar-refractivity contribution in [2.24, 2.45) is 5.92 Å². The number of hydrogen-bond donors (Lipinski definition) is 1. The standard InChI is InChI=1S/C14H25NO3/c1-9(13(16)18-14(2,3)4)15-11-7-8-17-12(11)10-5-6-10/h9-12,15H,5-8H2,1-4H3/t9-,11-,12+/m0/s1. The summed E-state index contributed by atoms with van der Waals surface area (Å²) >= 11 is 0. The molecule has 1 aliphatic heterocycles. The molecule has 0 aromatic rings. The number of rotatable bonds is 4. The topological polar surface area (TPSA) is 47.6 Å². The van der Waals surface area contributed by atoms with Gasteiger partial charge in [0.2, 0.25) is 0 Å². The first-order valence-electron chi connectivity index (χ1n) is 6.97. The van der Waals surface area contributed by atoms with E-state index in [4.69, 9.17) is 9.47 Å². The molecule has 1 saturated carbocycles. The predicted molar refractivity (Wildman–Crippen MR) is 69.3 cm³/mol. The van der Waals surface area contributed by atoms with Gasteiger partial charge in [-0.15, -0.1) is 0 Å². The zero-order valence-corrected chi connectivity index (χ0v) is 11.9. The largest absolute Gasteiger partial charge is 0.459 e. The van der Waals surface area contributed by atoms with Crippen molar-refractivity contribution in [2.45, 2.75) is 70.7 Å². The molecule has 104 valence electrons. The van der Waals surface area contributed by atoms with E-state index in [1.54, 1.807) is 0 Å². The maximum atomic E-state index is 11.9. The van der Waals surface area contributed by atoms with E-state index in [1.807, 2.05) is 27.7 Å². The molecule has 1 saturated heterocycles. The van der Waals surface area contributed by atoms with Crippen molar-refractivity contribution < 1.29 is 14.3 Å². The summed E-state index contributed by atoms with van der Waals surface area (Å²) in [6, 6.07) is 0.0391. The molecule has 1 N–H and O–H groups in total. The van der Waals surface area contributed by atoms with Crippen LogP contribution in [0.1, 0.15) is 47.0 Å². The van der Waals surface area contributed by atoms with Gasteiger partial charge in [0, 0.05) is 12.6 Å². The third-order valence-corrected chi connectivity index (χ3v) is 3.45.